The Hall–Kier alpha value is -4.65. The van der Waals surface area contributed by atoms with Gasteiger partial charge in [-0.1, -0.05) is 60.7 Å². The topological polar surface area (TPSA) is 102 Å². The predicted molar refractivity (Wildman–Crippen MR) is 145 cm³/mol. The van der Waals surface area contributed by atoms with Gasteiger partial charge < -0.3 is 19.6 Å². The predicted octanol–water partition coefficient (Wildman–Crippen LogP) is 5.64. The Morgan fingerprint density at radius 1 is 1.00 bits per heavy atom. The van der Waals surface area contributed by atoms with Crippen LogP contribution < -0.4 is 10.1 Å². The van der Waals surface area contributed by atoms with Gasteiger partial charge in [0.05, 0.1) is 12.3 Å². The van der Waals surface area contributed by atoms with E-state index in [9.17, 15) is 14.7 Å². The quantitative estimate of drug-likeness (QED) is 0.188. The van der Waals surface area contributed by atoms with Gasteiger partial charge in [-0.15, -0.1) is 0 Å². The van der Waals surface area contributed by atoms with Gasteiger partial charge in [-0.3, -0.25) is 4.79 Å². The van der Waals surface area contributed by atoms with Gasteiger partial charge in [0, 0.05) is 35.7 Å². The van der Waals surface area contributed by atoms with Crippen molar-refractivity contribution in [3.63, 3.8) is 0 Å². The summed E-state index contributed by atoms with van der Waals surface area (Å²) in [6.07, 6.45) is 2.27. The highest BCUT2D eigenvalue weighted by molar-refractivity contribution is 6.04. The van der Waals surface area contributed by atoms with Crippen molar-refractivity contribution in [2.24, 2.45) is 0 Å². The molecule has 1 aromatic heterocycles. The third-order valence-corrected chi connectivity index (χ3v) is 5.99. The molecule has 4 rings (SSSR count). The molecule has 0 radical (unpaired) electrons. The number of hydrogen-bond acceptors (Lipinski definition) is 6. The second kappa shape index (κ2) is 12.5. The van der Waals surface area contributed by atoms with Crippen molar-refractivity contribution >= 4 is 11.8 Å². The fraction of sp³-hybridized carbons (Fsp3) is 0.194. The Balaban J connectivity index is 1.30. The second-order valence-electron chi connectivity index (χ2n) is 8.93. The zero-order valence-electron chi connectivity index (χ0n) is 21.4. The Morgan fingerprint density at radius 3 is 2.32 bits per heavy atom. The van der Waals surface area contributed by atoms with Crippen LogP contribution in [-0.4, -0.2) is 34.5 Å². The monoisotopic (exact) mass is 510 g/mol. The molecule has 7 heteroatoms. The van der Waals surface area contributed by atoms with Gasteiger partial charge in [0.2, 0.25) is 5.89 Å². The molecule has 0 aliphatic rings. The van der Waals surface area contributed by atoms with Crippen molar-refractivity contribution < 1.29 is 23.8 Å². The number of oxazole rings is 1. The second-order valence-corrected chi connectivity index (χ2v) is 8.93. The molecular formula is C31H30N2O5. The Morgan fingerprint density at radius 2 is 1.66 bits per heavy atom. The fourth-order valence-electron chi connectivity index (χ4n) is 3.99. The van der Waals surface area contributed by atoms with Gasteiger partial charge >= 0.3 is 5.97 Å². The van der Waals surface area contributed by atoms with Crippen LogP contribution in [0.1, 0.15) is 34.3 Å². The lowest BCUT2D eigenvalue weighted by atomic mass is 10.1. The Kier molecular flexibility index (Phi) is 8.72. The lowest BCUT2D eigenvalue weighted by Gasteiger charge is -2.16. The van der Waals surface area contributed by atoms with E-state index in [1.165, 1.54) is 6.08 Å². The van der Waals surface area contributed by atoms with E-state index in [4.69, 9.17) is 9.15 Å². The molecule has 1 atom stereocenters. The number of ether oxygens (including phenoxy) is 1. The van der Waals surface area contributed by atoms with E-state index in [0.29, 0.717) is 35.9 Å². The molecule has 0 saturated heterocycles. The molecule has 0 amide bonds. The van der Waals surface area contributed by atoms with E-state index >= 15 is 0 Å². The number of nitrogens with zero attached hydrogens (tertiary/aromatic N) is 1. The summed E-state index contributed by atoms with van der Waals surface area (Å²) in [5, 5.41) is 12.6. The van der Waals surface area contributed by atoms with Crippen LogP contribution in [-0.2, 0) is 17.6 Å². The molecule has 3 aromatic carbocycles. The smallest absolute Gasteiger partial charge is 0.326 e. The molecular weight excluding hydrogens is 480 g/mol. The van der Waals surface area contributed by atoms with Crippen molar-refractivity contribution in [1.29, 1.82) is 0 Å². The molecule has 0 spiro atoms. The number of aliphatic carboxylic acids is 1. The highest BCUT2D eigenvalue weighted by Gasteiger charge is 2.18. The summed E-state index contributed by atoms with van der Waals surface area (Å²) < 4.78 is 11.7. The molecule has 0 bridgehead atoms. The van der Waals surface area contributed by atoms with Gasteiger partial charge in [-0.25, -0.2) is 9.78 Å². The molecule has 0 aliphatic carbocycles. The summed E-state index contributed by atoms with van der Waals surface area (Å²) in [5.74, 6) is 0.868. The number of rotatable bonds is 12. The zero-order valence-corrected chi connectivity index (χ0v) is 21.4. The molecule has 4 aromatic rings. The molecule has 0 saturated carbocycles. The summed E-state index contributed by atoms with van der Waals surface area (Å²) >= 11 is 0. The van der Waals surface area contributed by atoms with Crippen LogP contribution in [0.3, 0.4) is 0 Å². The summed E-state index contributed by atoms with van der Waals surface area (Å²) in [6.45, 7) is 4.01. The van der Waals surface area contributed by atoms with Crippen LogP contribution in [0.15, 0.2) is 101 Å². The lowest BCUT2D eigenvalue weighted by Crippen LogP contribution is -2.37. The maximum atomic E-state index is 12.4. The van der Waals surface area contributed by atoms with Gasteiger partial charge in [0.1, 0.15) is 17.6 Å². The molecule has 1 heterocycles. The molecule has 2 N–H and O–H groups in total. The third-order valence-electron chi connectivity index (χ3n) is 5.99. The molecule has 0 fully saturated rings. The molecule has 0 aliphatic heterocycles. The molecule has 0 unspecified atom stereocenters. The van der Waals surface area contributed by atoms with E-state index in [1.807, 2.05) is 67.6 Å². The summed E-state index contributed by atoms with van der Waals surface area (Å²) in [4.78, 5) is 28.8. The maximum absolute atomic E-state index is 12.4. The van der Waals surface area contributed by atoms with Crippen molar-refractivity contribution in [2.75, 3.05) is 6.61 Å². The zero-order chi connectivity index (χ0) is 26.9. The standard InChI is InChI=1S/C31H30N2O5/c1-21(19-29(34)24-9-5-3-6-10-24)32-28(31(35)36)20-23-13-15-26(16-14-23)37-18-17-27-22(2)38-30(33-27)25-11-7-4-8-12-25/h3-16,19,28,32H,17-18,20H2,1-2H3,(H,35,36)/b21-19+/t28-/m0/s1. The largest absolute Gasteiger partial charge is 0.493 e. The number of aryl methyl sites for hydroxylation is 1. The van der Waals surface area contributed by atoms with Crippen molar-refractivity contribution in [3.8, 4) is 17.2 Å². The first-order chi connectivity index (χ1) is 18.4. The average Bonchev–Trinajstić information content (AvgIpc) is 3.30. The minimum Gasteiger partial charge on any atom is -0.493 e. The van der Waals surface area contributed by atoms with Crippen LogP contribution in [0.5, 0.6) is 5.75 Å². The van der Waals surface area contributed by atoms with E-state index in [1.54, 1.807) is 31.2 Å². The number of ketones is 1. The summed E-state index contributed by atoms with van der Waals surface area (Å²) in [7, 11) is 0. The molecule has 194 valence electrons. The van der Waals surface area contributed by atoms with E-state index < -0.39 is 12.0 Å². The van der Waals surface area contributed by atoms with Gasteiger partial charge in [-0.05, 0) is 43.7 Å². The third kappa shape index (κ3) is 7.20. The number of hydrogen-bond donors (Lipinski definition) is 2. The van der Waals surface area contributed by atoms with Gasteiger partial charge in [0.15, 0.2) is 5.78 Å². The first kappa shape index (κ1) is 26.4. The minimum atomic E-state index is -0.997. The normalized spacial score (nSPS) is 12.1. The fourth-order valence-corrected chi connectivity index (χ4v) is 3.99. The van der Waals surface area contributed by atoms with Crippen molar-refractivity contribution in [2.45, 2.75) is 32.7 Å². The highest BCUT2D eigenvalue weighted by Crippen LogP contribution is 2.22. The first-order valence-corrected chi connectivity index (χ1v) is 12.4. The number of carboxylic acids is 1. The Bertz CT molecular complexity index is 1390. The van der Waals surface area contributed by atoms with E-state index in [-0.39, 0.29) is 12.2 Å². The van der Waals surface area contributed by atoms with Crippen molar-refractivity contribution in [3.05, 3.63) is 119 Å². The number of allylic oxidation sites excluding steroid dienone is 2. The molecule has 7 nitrogen and oxygen atoms in total. The SMILES string of the molecule is C/C(=C\C(=O)c1ccccc1)N[C@@H](Cc1ccc(OCCc2nc(-c3ccccc3)oc2C)cc1)C(=O)O. The average molecular weight is 511 g/mol. The lowest BCUT2D eigenvalue weighted by molar-refractivity contribution is -0.139. The number of carbonyl (C=O) groups is 2. The number of benzene rings is 3. The number of nitrogens with one attached hydrogen (secondary N) is 1. The number of aromatic nitrogens is 1. The van der Waals surface area contributed by atoms with Crippen LogP contribution in [0.2, 0.25) is 0 Å². The van der Waals surface area contributed by atoms with Gasteiger partial charge in [0.25, 0.3) is 0 Å². The van der Waals surface area contributed by atoms with Gasteiger partial charge in [-0.2, -0.15) is 0 Å². The van der Waals surface area contributed by atoms with Crippen molar-refractivity contribution in [1.82, 2.24) is 10.3 Å². The van der Waals surface area contributed by atoms with E-state index in [0.717, 1.165) is 22.6 Å². The highest BCUT2D eigenvalue weighted by atomic mass is 16.5. The summed E-state index contributed by atoms with van der Waals surface area (Å²) in [6, 6.07) is 25.1. The maximum Gasteiger partial charge on any atom is 0.326 e. The van der Waals surface area contributed by atoms with Crippen LogP contribution in [0.25, 0.3) is 11.5 Å². The van der Waals surface area contributed by atoms with E-state index in [2.05, 4.69) is 10.3 Å². The summed E-state index contributed by atoms with van der Waals surface area (Å²) in [5.41, 5.74) is 3.65. The van der Waals surface area contributed by atoms with Crippen LogP contribution in [0, 0.1) is 6.92 Å². The number of carboxylic acid groups (broad SMARTS) is 1. The minimum absolute atomic E-state index is 0.182. The van der Waals surface area contributed by atoms with Crippen LogP contribution >= 0.6 is 0 Å². The first-order valence-electron chi connectivity index (χ1n) is 12.4. The van der Waals surface area contributed by atoms with Crippen LogP contribution in [0.4, 0.5) is 0 Å². The Labute approximate surface area is 221 Å². The number of carbonyl (C=O) groups excluding carboxylic acids is 1. The molecule has 38 heavy (non-hydrogen) atoms.